The monoisotopic (exact) mass is 341 g/mol. The zero-order valence-corrected chi connectivity index (χ0v) is 12.6. The fraction of sp³-hybridized carbons (Fsp3) is 0.188. The van der Waals surface area contributed by atoms with Crippen molar-refractivity contribution in [2.24, 2.45) is 0 Å². The second-order valence-electron chi connectivity index (χ2n) is 5.11. The van der Waals surface area contributed by atoms with Crippen LogP contribution in [-0.4, -0.2) is 13.0 Å². The first-order valence-electron chi connectivity index (χ1n) is 6.66. The molecule has 120 valence electrons. The minimum atomic E-state index is -4.47. The number of carbonyl (C=O) groups excluding carboxylic acids is 1. The van der Waals surface area contributed by atoms with E-state index in [2.05, 4.69) is 5.32 Å². The maximum atomic E-state index is 12.8. The van der Waals surface area contributed by atoms with E-state index in [1.54, 1.807) is 18.2 Å². The summed E-state index contributed by atoms with van der Waals surface area (Å²) in [7, 11) is 1.45. The molecule has 1 aliphatic heterocycles. The average molecular weight is 342 g/mol. The number of anilines is 1. The average Bonchev–Trinajstić information content (AvgIpc) is 2.81. The highest BCUT2D eigenvalue weighted by molar-refractivity contribution is 6.30. The predicted molar refractivity (Wildman–Crippen MR) is 79.9 cm³/mol. The molecule has 0 fully saturated rings. The molecule has 1 amide bonds. The van der Waals surface area contributed by atoms with E-state index in [0.717, 1.165) is 12.1 Å². The Morgan fingerprint density at radius 3 is 2.52 bits per heavy atom. The first kappa shape index (κ1) is 15.7. The van der Waals surface area contributed by atoms with E-state index in [1.165, 1.54) is 13.2 Å². The summed E-state index contributed by atoms with van der Waals surface area (Å²) in [6, 6.07) is 8.02. The fourth-order valence-electron chi connectivity index (χ4n) is 2.68. The molecule has 1 atom stereocenters. The number of halogens is 4. The quantitative estimate of drug-likeness (QED) is 0.876. The van der Waals surface area contributed by atoms with Crippen molar-refractivity contribution in [2.75, 3.05) is 12.4 Å². The Morgan fingerprint density at radius 1 is 1.13 bits per heavy atom. The highest BCUT2D eigenvalue weighted by Gasteiger charge is 2.37. The molecule has 1 N–H and O–H groups in total. The summed E-state index contributed by atoms with van der Waals surface area (Å²) in [6.45, 7) is 0. The van der Waals surface area contributed by atoms with Gasteiger partial charge in [0, 0.05) is 16.3 Å². The van der Waals surface area contributed by atoms with Gasteiger partial charge < -0.3 is 10.1 Å². The largest absolute Gasteiger partial charge is 0.496 e. The molecule has 2 aromatic rings. The van der Waals surface area contributed by atoms with Crippen molar-refractivity contribution in [3.05, 3.63) is 58.1 Å². The van der Waals surface area contributed by atoms with Crippen molar-refractivity contribution in [3.63, 3.8) is 0 Å². The predicted octanol–water partition coefficient (Wildman–Crippen LogP) is 4.45. The SMILES string of the molecule is COc1ccc(Cl)cc1[C@H]1C(=O)Nc2cc(C(F)(F)F)ccc21. The van der Waals surface area contributed by atoms with Crippen molar-refractivity contribution in [1.29, 1.82) is 0 Å². The van der Waals surface area contributed by atoms with Crippen molar-refractivity contribution >= 4 is 23.2 Å². The van der Waals surface area contributed by atoms with Crippen molar-refractivity contribution < 1.29 is 22.7 Å². The number of ether oxygens (including phenoxy) is 1. The van der Waals surface area contributed by atoms with Gasteiger partial charge >= 0.3 is 6.18 Å². The molecule has 1 heterocycles. The number of methoxy groups -OCH3 is 1. The summed E-state index contributed by atoms with van der Waals surface area (Å²) < 4.78 is 43.6. The van der Waals surface area contributed by atoms with Gasteiger partial charge in [-0.15, -0.1) is 0 Å². The summed E-state index contributed by atoms with van der Waals surface area (Å²) in [4.78, 5) is 12.3. The van der Waals surface area contributed by atoms with Gasteiger partial charge in [-0.2, -0.15) is 13.2 Å². The van der Waals surface area contributed by atoms with Gasteiger partial charge in [-0.05, 0) is 35.9 Å². The molecule has 23 heavy (non-hydrogen) atoms. The highest BCUT2D eigenvalue weighted by atomic mass is 35.5. The molecule has 3 rings (SSSR count). The normalized spacial score (nSPS) is 16.9. The van der Waals surface area contributed by atoms with Crippen molar-refractivity contribution in [1.82, 2.24) is 0 Å². The molecule has 0 bridgehead atoms. The molecule has 0 aromatic heterocycles. The molecule has 0 spiro atoms. The van der Waals surface area contributed by atoms with Gasteiger partial charge in [0.1, 0.15) is 5.75 Å². The van der Waals surface area contributed by atoms with Gasteiger partial charge in [0.25, 0.3) is 0 Å². The number of nitrogens with one attached hydrogen (secondary N) is 1. The van der Waals surface area contributed by atoms with Crippen LogP contribution in [0.15, 0.2) is 36.4 Å². The number of fused-ring (bicyclic) bond motifs is 1. The zero-order valence-electron chi connectivity index (χ0n) is 11.9. The Morgan fingerprint density at radius 2 is 1.87 bits per heavy atom. The second kappa shape index (κ2) is 5.45. The molecular weight excluding hydrogens is 331 g/mol. The minimum Gasteiger partial charge on any atom is -0.496 e. The molecule has 7 heteroatoms. The van der Waals surface area contributed by atoms with E-state index in [1.807, 2.05) is 0 Å². The molecule has 0 saturated carbocycles. The van der Waals surface area contributed by atoms with Crippen LogP contribution < -0.4 is 10.1 Å². The Hall–Kier alpha value is -2.21. The molecule has 2 aromatic carbocycles. The van der Waals surface area contributed by atoms with Gasteiger partial charge in [0.2, 0.25) is 5.91 Å². The molecular formula is C16H11ClF3NO2. The Bertz CT molecular complexity index is 789. The minimum absolute atomic E-state index is 0.150. The molecule has 0 saturated heterocycles. The number of carbonyl (C=O) groups is 1. The van der Waals surface area contributed by atoms with Crippen LogP contribution in [0.25, 0.3) is 0 Å². The number of rotatable bonds is 2. The van der Waals surface area contributed by atoms with Crippen LogP contribution in [0.2, 0.25) is 5.02 Å². The summed E-state index contributed by atoms with van der Waals surface area (Å²) in [6.07, 6.45) is -4.47. The summed E-state index contributed by atoms with van der Waals surface area (Å²) in [5.41, 5.74) is 0.312. The number of amides is 1. The lowest BCUT2D eigenvalue weighted by Gasteiger charge is -2.15. The van der Waals surface area contributed by atoms with E-state index in [9.17, 15) is 18.0 Å². The van der Waals surface area contributed by atoms with E-state index in [-0.39, 0.29) is 5.69 Å². The number of alkyl halides is 3. The summed E-state index contributed by atoms with van der Waals surface area (Å²) in [5.74, 6) is -0.733. The highest BCUT2D eigenvalue weighted by Crippen LogP contribution is 2.43. The Kier molecular flexibility index (Phi) is 3.72. The van der Waals surface area contributed by atoms with Crippen LogP contribution in [-0.2, 0) is 11.0 Å². The first-order valence-corrected chi connectivity index (χ1v) is 7.04. The van der Waals surface area contributed by atoms with Gasteiger partial charge in [-0.25, -0.2) is 0 Å². The zero-order chi connectivity index (χ0) is 16.8. The second-order valence-corrected chi connectivity index (χ2v) is 5.54. The van der Waals surface area contributed by atoms with E-state index in [0.29, 0.717) is 21.9 Å². The summed E-state index contributed by atoms with van der Waals surface area (Å²) in [5, 5.41) is 2.90. The van der Waals surface area contributed by atoms with E-state index < -0.39 is 23.6 Å². The van der Waals surface area contributed by atoms with Gasteiger partial charge in [0.05, 0.1) is 18.6 Å². The fourth-order valence-corrected chi connectivity index (χ4v) is 2.86. The third-order valence-corrected chi connectivity index (χ3v) is 3.95. The Balaban J connectivity index is 2.12. The topological polar surface area (TPSA) is 38.3 Å². The van der Waals surface area contributed by atoms with E-state index >= 15 is 0 Å². The van der Waals surface area contributed by atoms with E-state index in [4.69, 9.17) is 16.3 Å². The smallest absolute Gasteiger partial charge is 0.416 e. The van der Waals surface area contributed by atoms with Gasteiger partial charge in [-0.1, -0.05) is 17.7 Å². The summed E-state index contributed by atoms with van der Waals surface area (Å²) >= 11 is 5.98. The number of hydrogen-bond donors (Lipinski definition) is 1. The molecule has 1 aliphatic rings. The van der Waals surface area contributed by atoms with Gasteiger partial charge in [-0.3, -0.25) is 4.79 Å². The van der Waals surface area contributed by atoms with Crippen LogP contribution in [0.1, 0.15) is 22.6 Å². The van der Waals surface area contributed by atoms with Crippen LogP contribution >= 0.6 is 11.6 Å². The molecule has 0 unspecified atom stereocenters. The lowest BCUT2D eigenvalue weighted by Crippen LogP contribution is -2.14. The van der Waals surface area contributed by atoms with Gasteiger partial charge in [0.15, 0.2) is 0 Å². The first-order chi connectivity index (χ1) is 10.8. The number of benzene rings is 2. The third-order valence-electron chi connectivity index (χ3n) is 3.71. The standard InChI is InChI=1S/C16H11ClF3NO2/c1-23-13-5-3-9(17)7-11(13)14-10-4-2-8(16(18,19)20)6-12(10)21-15(14)22/h2-7,14H,1H3,(H,21,22)/t14-/m0/s1. The lowest BCUT2D eigenvalue weighted by molar-refractivity contribution is -0.137. The van der Waals surface area contributed by atoms with Crippen molar-refractivity contribution in [2.45, 2.75) is 12.1 Å². The molecule has 0 radical (unpaired) electrons. The van der Waals surface area contributed by atoms with Crippen LogP contribution in [0.5, 0.6) is 5.75 Å². The lowest BCUT2D eigenvalue weighted by atomic mass is 9.91. The maximum Gasteiger partial charge on any atom is 0.416 e. The molecule has 3 nitrogen and oxygen atoms in total. The number of hydrogen-bond acceptors (Lipinski definition) is 2. The molecule has 0 aliphatic carbocycles. The maximum absolute atomic E-state index is 12.8. The third kappa shape index (κ3) is 2.74. The van der Waals surface area contributed by atoms with Crippen LogP contribution in [0.3, 0.4) is 0 Å². The van der Waals surface area contributed by atoms with Crippen molar-refractivity contribution in [3.8, 4) is 5.75 Å². The van der Waals surface area contributed by atoms with Crippen LogP contribution in [0.4, 0.5) is 18.9 Å². The van der Waals surface area contributed by atoms with Crippen LogP contribution in [0, 0.1) is 0 Å². The Labute approximate surface area is 135 Å².